The minimum atomic E-state index is -0.174. The summed E-state index contributed by atoms with van der Waals surface area (Å²) >= 11 is 12.6. The van der Waals surface area contributed by atoms with Gasteiger partial charge < -0.3 is 5.32 Å². The Labute approximate surface area is 165 Å². The Hall–Kier alpha value is -2.03. The lowest BCUT2D eigenvalue weighted by molar-refractivity contribution is -0.116. The van der Waals surface area contributed by atoms with Crippen molar-refractivity contribution < 1.29 is 4.79 Å². The second-order valence-corrected chi connectivity index (χ2v) is 7.70. The van der Waals surface area contributed by atoms with Crippen LogP contribution in [-0.2, 0) is 24.2 Å². The predicted molar refractivity (Wildman–Crippen MR) is 106 cm³/mol. The van der Waals surface area contributed by atoms with Gasteiger partial charge in [-0.25, -0.2) is 4.98 Å². The van der Waals surface area contributed by atoms with Gasteiger partial charge >= 0.3 is 0 Å². The zero-order valence-corrected chi connectivity index (χ0v) is 16.5. The minimum Gasteiger partial charge on any atom is -0.300 e. The largest absolute Gasteiger partial charge is 0.300 e. The molecule has 0 aliphatic rings. The van der Waals surface area contributed by atoms with Gasteiger partial charge in [-0.15, -0.1) is 11.3 Å². The average Bonchev–Trinajstić information content (AvgIpc) is 3.18. The minimum absolute atomic E-state index is 0.122. The molecule has 0 atom stereocenters. The molecule has 2 aromatic heterocycles. The third-order valence-electron chi connectivity index (χ3n) is 3.70. The van der Waals surface area contributed by atoms with E-state index in [4.69, 9.17) is 23.8 Å². The molecular weight excluding hydrogens is 390 g/mol. The second-order valence-electron chi connectivity index (χ2n) is 5.76. The van der Waals surface area contributed by atoms with Gasteiger partial charge in [0.2, 0.25) is 5.91 Å². The number of benzene rings is 1. The molecule has 9 heteroatoms. The van der Waals surface area contributed by atoms with E-state index in [9.17, 15) is 4.79 Å². The first-order chi connectivity index (χ1) is 12.5. The van der Waals surface area contributed by atoms with E-state index in [1.54, 1.807) is 10.8 Å². The van der Waals surface area contributed by atoms with Crippen molar-refractivity contribution in [3.63, 3.8) is 0 Å². The highest BCUT2D eigenvalue weighted by atomic mass is 35.5. The Kier molecular flexibility index (Phi) is 6.18. The van der Waals surface area contributed by atoms with Crippen LogP contribution in [-0.4, -0.2) is 25.7 Å². The van der Waals surface area contributed by atoms with Crippen LogP contribution in [0.2, 0.25) is 5.02 Å². The molecule has 136 valence electrons. The maximum atomic E-state index is 12.3. The molecule has 3 aromatic rings. The molecule has 0 spiro atoms. The van der Waals surface area contributed by atoms with Gasteiger partial charge in [-0.1, -0.05) is 30.7 Å². The first-order valence-corrected chi connectivity index (χ1v) is 9.78. The Morgan fingerprint density at radius 1 is 1.38 bits per heavy atom. The molecule has 3 rings (SSSR count). The van der Waals surface area contributed by atoms with Crippen LogP contribution in [0.25, 0.3) is 0 Å². The maximum Gasteiger partial charge on any atom is 0.246 e. The summed E-state index contributed by atoms with van der Waals surface area (Å²) in [4.78, 5) is 17.7. The van der Waals surface area contributed by atoms with Gasteiger partial charge in [0, 0.05) is 28.9 Å². The normalized spacial score (nSPS) is 10.8. The summed E-state index contributed by atoms with van der Waals surface area (Å²) in [5.74, 6) is 0.613. The summed E-state index contributed by atoms with van der Waals surface area (Å²) in [5.41, 5.74) is 1.14. The molecule has 0 bridgehead atoms. The number of H-pyrrole nitrogens is 1. The Bertz CT molecular complexity index is 945. The number of rotatable bonds is 7. The van der Waals surface area contributed by atoms with Crippen LogP contribution in [0, 0.1) is 4.77 Å². The number of anilines is 1. The van der Waals surface area contributed by atoms with Gasteiger partial charge in [0.15, 0.2) is 9.90 Å². The van der Waals surface area contributed by atoms with Crippen LogP contribution < -0.4 is 5.32 Å². The van der Waals surface area contributed by atoms with Crippen molar-refractivity contribution in [1.82, 2.24) is 19.7 Å². The Balaban J connectivity index is 1.62. The van der Waals surface area contributed by atoms with Gasteiger partial charge in [-0.05, 0) is 36.3 Å². The molecule has 0 aliphatic carbocycles. The SMILES string of the molecule is CCCc1n[nH]c(=S)n1CC(=O)Nc1ncc(Cc2ccc(Cl)cc2)s1. The summed E-state index contributed by atoms with van der Waals surface area (Å²) in [6.07, 6.45) is 4.23. The monoisotopic (exact) mass is 407 g/mol. The molecular formula is C17H18ClN5OS2. The molecule has 0 saturated heterocycles. The third-order valence-corrected chi connectivity index (χ3v) is 5.18. The number of aromatic nitrogens is 4. The summed E-state index contributed by atoms with van der Waals surface area (Å²) in [7, 11) is 0. The quantitative estimate of drug-likeness (QED) is 0.574. The number of carbonyl (C=O) groups is 1. The van der Waals surface area contributed by atoms with Crippen molar-refractivity contribution in [3.05, 3.63) is 56.5 Å². The Morgan fingerprint density at radius 3 is 2.88 bits per heavy atom. The van der Waals surface area contributed by atoms with E-state index in [0.29, 0.717) is 14.9 Å². The number of halogens is 1. The van der Waals surface area contributed by atoms with E-state index in [2.05, 4.69) is 27.4 Å². The first-order valence-electron chi connectivity index (χ1n) is 8.18. The highest BCUT2D eigenvalue weighted by Crippen LogP contribution is 2.22. The van der Waals surface area contributed by atoms with Crippen LogP contribution in [0.4, 0.5) is 5.13 Å². The average molecular weight is 408 g/mol. The van der Waals surface area contributed by atoms with Crippen molar-refractivity contribution in [1.29, 1.82) is 0 Å². The molecule has 1 amide bonds. The van der Waals surface area contributed by atoms with Crippen molar-refractivity contribution >= 4 is 46.2 Å². The lowest BCUT2D eigenvalue weighted by atomic mass is 10.1. The molecule has 0 radical (unpaired) electrons. The molecule has 0 saturated carbocycles. The molecule has 1 aromatic carbocycles. The number of amides is 1. The predicted octanol–water partition coefficient (Wildman–Crippen LogP) is 4.23. The fraction of sp³-hybridized carbons (Fsp3) is 0.294. The molecule has 0 unspecified atom stereocenters. The number of hydrogen-bond donors (Lipinski definition) is 2. The van der Waals surface area contributed by atoms with Crippen LogP contribution >= 0.6 is 35.2 Å². The van der Waals surface area contributed by atoms with Crippen molar-refractivity contribution in [3.8, 4) is 0 Å². The standard InChI is InChI=1S/C17H18ClN5OS2/c1-2-3-14-21-22-17(25)23(14)10-15(24)20-16-19-9-13(26-16)8-11-4-6-12(18)7-5-11/h4-7,9H,2-3,8,10H2,1H3,(H,22,25)(H,19,20,24). The summed E-state index contributed by atoms with van der Waals surface area (Å²) in [6.45, 7) is 2.18. The number of aryl methyl sites for hydroxylation is 1. The number of thiazole rings is 1. The molecule has 2 heterocycles. The fourth-order valence-electron chi connectivity index (χ4n) is 2.48. The van der Waals surface area contributed by atoms with E-state index < -0.39 is 0 Å². The molecule has 6 nitrogen and oxygen atoms in total. The van der Waals surface area contributed by atoms with Gasteiger partial charge in [-0.3, -0.25) is 14.5 Å². The number of hydrogen-bond acceptors (Lipinski definition) is 5. The smallest absolute Gasteiger partial charge is 0.246 e. The lowest BCUT2D eigenvalue weighted by Crippen LogP contribution is -2.20. The van der Waals surface area contributed by atoms with Crippen LogP contribution in [0.15, 0.2) is 30.5 Å². The van der Waals surface area contributed by atoms with Crippen LogP contribution in [0.1, 0.15) is 29.6 Å². The van der Waals surface area contributed by atoms with Crippen molar-refractivity contribution in [2.75, 3.05) is 5.32 Å². The van der Waals surface area contributed by atoms with E-state index in [-0.39, 0.29) is 12.5 Å². The Morgan fingerprint density at radius 2 is 2.15 bits per heavy atom. The van der Waals surface area contributed by atoms with Gasteiger partial charge in [0.25, 0.3) is 0 Å². The molecule has 0 aliphatic heterocycles. The number of nitrogens with one attached hydrogen (secondary N) is 2. The first kappa shape index (κ1) is 18.8. The van der Waals surface area contributed by atoms with Crippen molar-refractivity contribution in [2.45, 2.75) is 32.7 Å². The zero-order valence-electron chi connectivity index (χ0n) is 14.2. The van der Waals surface area contributed by atoms with Crippen molar-refractivity contribution in [2.24, 2.45) is 0 Å². The van der Waals surface area contributed by atoms with E-state index in [1.165, 1.54) is 11.3 Å². The van der Waals surface area contributed by atoms with E-state index in [0.717, 1.165) is 35.5 Å². The van der Waals surface area contributed by atoms with Gasteiger partial charge in [0.05, 0.1) is 0 Å². The van der Waals surface area contributed by atoms with Gasteiger partial charge in [0.1, 0.15) is 12.4 Å². The number of nitrogens with zero attached hydrogens (tertiary/aromatic N) is 3. The summed E-state index contributed by atoms with van der Waals surface area (Å²) in [6, 6.07) is 7.69. The summed E-state index contributed by atoms with van der Waals surface area (Å²) < 4.78 is 2.17. The zero-order chi connectivity index (χ0) is 18.5. The summed E-state index contributed by atoms with van der Waals surface area (Å²) in [5, 5.41) is 11.0. The third kappa shape index (κ3) is 4.78. The molecule has 2 N–H and O–H groups in total. The van der Waals surface area contributed by atoms with E-state index in [1.807, 2.05) is 24.3 Å². The van der Waals surface area contributed by atoms with Gasteiger partial charge in [-0.2, -0.15) is 5.10 Å². The second kappa shape index (κ2) is 8.57. The van der Waals surface area contributed by atoms with E-state index >= 15 is 0 Å². The highest BCUT2D eigenvalue weighted by molar-refractivity contribution is 7.71. The lowest BCUT2D eigenvalue weighted by Gasteiger charge is -2.05. The highest BCUT2D eigenvalue weighted by Gasteiger charge is 2.12. The number of aromatic amines is 1. The number of carbonyl (C=O) groups excluding carboxylic acids is 1. The molecule has 0 fully saturated rings. The topological polar surface area (TPSA) is 75.6 Å². The molecule has 26 heavy (non-hydrogen) atoms. The fourth-order valence-corrected chi connectivity index (χ4v) is 3.69. The van der Waals surface area contributed by atoms with Crippen LogP contribution in [0.5, 0.6) is 0 Å². The maximum absolute atomic E-state index is 12.3. The van der Waals surface area contributed by atoms with Crippen LogP contribution in [0.3, 0.4) is 0 Å².